The zero-order chi connectivity index (χ0) is 11.8. The number of carbonyl (C=O) groups is 1. The second-order valence-electron chi connectivity index (χ2n) is 5.02. The van der Waals surface area contributed by atoms with Crippen LogP contribution in [-0.4, -0.2) is 27.5 Å². The van der Waals surface area contributed by atoms with Crippen LogP contribution in [-0.2, 0) is 11.3 Å². The van der Waals surface area contributed by atoms with Gasteiger partial charge in [-0.1, -0.05) is 6.92 Å². The first-order valence-electron chi connectivity index (χ1n) is 6.50. The summed E-state index contributed by atoms with van der Waals surface area (Å²) in [6.45, 7) is 2.97. The van der Waals surface area contributed by atoms with E-state index in [1.165, 1.54) is 0 Å². The summed E-state index contributed by atoms with van der Waals surface area (Å²) in [5.41, 5.74) is 0. The van der Waals surface area contributed by atoms with E-state index in [2.05, 4.69) is 11.9 Å². The molecule has 0 amide bonds. The van der Waals surface area contributed by atoms with Crippen molar-refractivity contribution >= 4 is 5.78 Å². The Morgan fingerprint density at radius 2 is 2.47 bits per heavy atom. The van der Waals surface area contributed by atoms with E-state index in [9.17, 15) is 4.79 Å². The molecule has 3 unspecified atom stereocenters. The highest BCUT2D eigenvalue weighted by Gasteiger charge is 2.45. The zero-order valence-corrected chi connectivity index (χ0v) is 10.1. The number of rotatable bonds is 4. The lowest BCUT2D eigenvalue weighted by molar-refractivity contribution is 0.0732. The maximum atomic E-state index is 12.4. The molecule has 92 valence electrons. The fraction of sp³-hybridized carbons (Fsp3) is 0.692. The van der Waals surface area contributed by atoms with Crippen LogP contribution in [0, 0.1) is 5.92 Å². The van der Waals surface area contributed by atoms with Crippen molar-refractivity contribution < 1.29 is 9.53 Å². The van der Waals surface area contributed by atoms with E-state index in [0.29, 0.717) is 11.9 Å². The molecule has 17 heavy (non-hydrogen) atoms. The van der Waals surface area contributed by atoms with Gasteiger partial charge in [-0.3, -0.25) is 4.79 Å². The molecule has 3 heterocycles. The number of hydrogen-bond acceptors (Lipinski definition) is 3. The fourth-order valence-corrected chi connectivity index (χ4v) is 3.04. The van der Waals surface area contributed by atoms with E-state index < -0.39 is 0 Å². The third-order valence-electron chi connectivity index (χ3n) is 3.84. The Labute approximate surface area is 101 Å². The first-order chi connectivity index (χ1) is 8.29. The van der Waals surface area contributed by atoms with E-state index in [4.69, 9.17) is 4.74 Å². The lowest BCUT2D eigenvalue weighted by Gasteiger charge is -2.17. The topological polar surface area (TPSA) is 44.1 Å². The molecule has 4 heteroatoms. The van der Waals surface area contributed by atoms with Crippen molar-refractivity contribution in [2.45, 2.75) is 51.4 Å². The van der Waals surface area contributed by atoms with Crippen LogP contribution in [0.1, 0.15) is 43.2 Å². The van der Waals surface area contributed by atoms with Crippen molar-refractivity contribution in [2.75, 3.05) is 0 Å². The zero-order valence-electron chi connectivity index (χ0n) is 10.1. The van der Waals surface area contributed by atoms with Gasteiger partial charge in [-0.2, -0.15) is 0 Å². The van der Waals surface area contributed by atoms with E-state index >= 15 is 0 Å². The van der Waals surface area contributed by atoms with Gasteiger partial charge < -0.3 is 9.30 Å². The Morgan fingerprint density at radius 1 is 1.59 bits per heavy atom. The Balaban J connectivity index is 1.79. The molecular weight excluding hydrogens is 216 g/mol. The maximum absolute atomic E-state index is 12.4. The molecule has 1 aromatic heterocycles. The Morgan fingerprint density at radius 3 is 3.12 bits per heavy atom. The van der Waals surface area contributed by atoms with Crippen molar-refractivity contribution in [3.63, 3.8) is 0 Å². The Kier molecular flexibility index (Phi) is 2.74. The lowest BCUT2D eigenvalue weighted by atomic mass is 9.86. The summed E-state index contributed by atoms with van der Waals surface area (Å²) in [5, 5.41) is 0. The van der Waals surface area contributed by atoms with Gasteiger partial charge in [0.05, 0.1) is 18.1 Å². The third kappa shape index (κ3) is 1.80. The molecule has 0 N–H and O–H groups in total. The fourth-order valence-electron chi connectivity index (χ4n) is 3.04. The lowest BCUT2D eigenvalue weighted by Crippen LogP contribution is -2.27. The number of hydrogen-bond donors (Lipinski definition) is 0. The first-order valence-corrected chi connectivity index (χ1v) is 6.50. The minimum absolute atomic E-state index is 0.0479. The molecule has 1 aromatic rings. The highest BCUT2D eigenvalue weighted by Crippen LogP contribution is 2.40. The summed E-state index contributed by atoms with van der Waals surface area (Å²) in [6, 6.07) is 0. The summed E-state index contributed by atoms with van der Waals surface area (Å²) in [6.07, 6.45) is 8.16. The third-order valence-corrected chi connectivity index (χ3v) is 3.84. The van der Waals surface area contributed by atoms with Crippen molar-refractivity contribution in [3.8, 4) is 0 Å². The molecule has 2 saturated heterocycles. The second-order valence-corrected chi connectivity index (χ2v) is 5.02. The monoisotopic (exact) mass is 234 g/mol. The van der Waals surface area contributed by atoms with Gasteiger partial charge in [0.15, 0.2) is 5.82 Å². The average Bonchev–Trinajstić information content (AvgIpc) is 3.03. The number of fused-ring (bicyclic) bond motifs is 2. The molecule has 2 aliphatic heterocycles. The first kappa shape index (κ1) is 11.0. The number of aryl methyl sites for hydroxylation is 1. The Bertz CT molecular complexity index is 427. The molecule has 0 aliphatic carbocycles. The largest absolute Gasteiger partial charge is 0.374 e. The molecule has 0 saturated carbocycles. The normalized spacial score (nSPS) is 31.0. The molecule has 4 nitrogen and oxygen atoms in total. The minimum Gasteiger partial charge on any atom is -0.374 e. The van der Waals surface area contributed by atoms with Crippen molar-refractivity contribution in [2.24, 2.45) is 5.92 Å². The number of nitrogens with zero attached hydrogens (tertiary/aromatic N) is 2. The Hall–Kier alpha value is -1.16. The van der Waals surface area contributed by atoms with Crippen LogP contribution in [0.25, 0.3) is 0 Å². The van der Waals surface area contributed by atoms with Crippen LogP contribution in [0.5, 0.6) is 0 Å². The molecule has 3 rings (SSSR count). The van der Waals surface area contributed by atoms with Crippen molar-refractivity contribution in [3.05, 3.63) is 18.2 Å². The van der Waals surface area contributed by atoms with Crippen molar-refractivity contribution in [1.29, 1.82) is 0 Å². The van der Waals surface area contributed by atoms with Crippen LogP contribution in [0.4, 0.5) is 0 Å². The highest BCUT2D eigenvalue weighted by atomic mass is 16.5. The molecular formula is C13H18N2O2. The molecule has 2 fully saturated rings. The standard InChI is InChI=1S/C13H18N2O2/c1-2-6-15-7-5-14-13(15)12(16)10-8-9-3-4-11(10)17-9/h5,7,9-11H,2-4,6,8H2,1H3. The number of aromatic nitrogens is 2. The van der Waals surface area contributed by atoms with Gasteiger partial charge in [-0.15, -0.1) is 0 Å². The van der Waals surface area contributed by atoms with E-state index in [1.807, 2.05) is 10.8 Å². The number of Topliss-reactive ketones (excluding diaryl/α,β-unsaturated/α-hetero) is 1. The van der Waals surface area contributed by atoms with Gasteiger partial charge in [0, 0.05) is 18.9 Å². The van der Waals surface area contributed by atoms with Gasteiger partial charge in [0.1, 0.15) is 0 Å². The van der Waals surface area contributed by atoms with Crippen LogP contribution in [0.15, 0.2) is 12.4 Å². The van der Waals surface area contributed by atoms with Crippen LogP contribution in [0.3, 0.4) is 0 Å². The number of imidazole rings is 1. The summed E-state index contributed by atoms with van der Waals surface area (Å²) < 4.78 is 7.71. The molecule has 3 atom stereocenters. The van der Waals surface area contributed by atoms with Crippen molar-refractivity contribution in [1.82, 2.24) is 9.55 Å². The summed E-state index contributed by atoms with van der Waals surface area (Å²) in [4.78, 5) is 16.7. The van der Waals surface area contributed by atoms with E-state index in [0.717, 1.165) is 32.2 Å². The maximum Gasteiger partial charge on any atom is 0.204 e. The van der Waals surface area contributed by atoms with E-state index in [1.54, 1.807) is 6.20 Å². The molecule has 2 bridgehead atoms. The minimum atomic E-state index is 0.0479. The van der Waals surface area contributed by atoms with Gasteiger partial charge in [0.2, 0.25) is 5.78 Å². The predicted octanol–water partition coefficient (Wildman–Crippen LogP) is 2.04. The smallest absolute Gasteiger partial charge is 0.204 e. The van der Waals surface area contributed by atoms with E-state index in [-0.39, 0.29) is 17.8 Å². The summed E-state index contributed by atoms with van der Waals surface area (Å²) >= 11 is 0. The number of ether oxygens (including phenoxy) is 1. The predicted molar refractivity (Wildman–Crippen MR) is 62.9 cm³/mol. The SMILES string of the molecule is CCCn1ccnc1C(=O)C1CC2CCC1O2. The van der Waals surface area contributed by atoms with Gasteiger partial charge >= 0.3 is 0 Å². The summed E-state index contributed by atoms with van der Waals surface area (Å²) in [5.74, 6) is 0.843. The number of carbonyl (C=O) groups excluding carboxylic acids is 1. The van der Waals surface area contributed by atoms with Crippen LogP contribution < -0.4 is 0 Å². The molecule has 2 aliphatic rings. The molecule has 0 aromatic carbocycles. The molecule has 0 radical (unpaired) electrons. The summed E-state index contributed by atoms with van der Waals surface area (Å²) in [7, 11) is 0. The number of ketones is 1. The molecule has 0 spiro atoms. The average molecular weight is 234 g/mol. The van der Waals surface area contributed by atoms with Gasteiger partial charge in [-0.05, 0) is 25.7 Å². The van der Waals surface area contributed by atoms with Gasteiger partial charge in [0.25, 0.3) is 0 Å². The van der Waals surface area contributed by atoms with Gasteiger partial charge in [-0.25, -0.2) is 4.98 Å². The van der Waals surface area contributed by atoms with Crippen LogP contribution in [0.2, 0.25) is 0 Å². The quantitative estimate of drug-likeness (QED) is 0.749. The van der Waals surface area contributed by atoms with Crippen LogP contribution >= 0.6 is 0 Å². The highest BCUT2D eigenvalue weighted by molar-refractivity contribution is 5.95. The second kappa shape index (κ2) is 4.26.